The number of hydrogen-bond acceptors (Lipinski definition) is 3. The van der Waals surface area contributed by atoms with Crippen LogP contribution in [0.15, 0.2) is 28.7 Å². The van der Waals surface area contributed by atoms with Gasteiger partial charge in [-0.05, 0) is 34.8 Å². The van der Waals surface area contributed by atoms with Crippen LogP contribution in [0, 0.1) is 0 Å². The molecule has 0 aliphatic carbocycles. The number of hydrogen-bond donors (Lipinski definition) is 0. The van der Waals surface area contributed by atoms with Gasteiger partial charge in [-0.25, -0.2) is 9.97 Å². The third-order valence-electron chi connectivity index (χ3n) is 3.65. The van der Waals surface area contributed by atoms with Crippen molar-refractivity contribution < 1.29 is 4.74 Å². The number of aromatic nitrogens is 2. The van der Waals surface area contributed by atoms with Gasteiger partial charge in [-0.15, -0.1) is 0 Å². The third kappa shape index (κ3) is 2.92. The van der Waals surface area contributed by atoms with Crippen LogP contribution in [0.1, 0.15) is 42.8 Å². The number of rotatable bonds is 3. The Balaban J connectivity index is 2.05. The average molecular weight is 368 g/mol. The number of para-hydroxylation sites is 1. The predicted octanol–water partition coefficient (Wildman–Crippen LogP) is 4.76. The van der Waals surface area contributed by atoms with Gasteiger partial charge >= 0.3 is 0 Å². The second-order valence-corrected chi connectivity index (χ2v) is 6.26. The minimum absolute atomic E-state index is 0.149. The van der Waals surface area contributed by atoms with Gasteiger partial charge in [0.25, 0.3) is 0 Å². The fourth-order valence-electron chi connectivity index (χ4n) is 2.65. The maximum absolute atomic E-state index is 6.27. The molecular weight excluding hydrogens is 352 g/mol. The largest absolute Gasteiger partial charge is 0.493 e. The predicted molar refractivity (Wildman–Crippen MR) is 87.1 cm³/mol. The van der Waals surface area contributed by atoms with Crippen molar-refractivity contribution >= 4 is 27.5 Å². The molecule has 1 aromatic carbocycles. The van der Waals surface area contributed by atoms with E-state index in [1.165, 1.54) is 0 Å². The summed E-state index contributed by atoms with van der Waals surface area (Å²) >= 11 is 9.76. The molecule has 0 saturated carbocycles. The standard InChI is InChI=1S/C16H16BrClN2O/c1-2-5-12-14(17)15(18)20-16(19-12)11-8-9-21-13-7-4-3-6-10(11)13/h3-4,6-7,11H,2,5,8-9H2,1H3. The molecule has 0 amide bonds. The Morgan fingerprint density at radius 3 is 2.95 bits per heavy atom. The van der Waals surface area contributed by atoms with E-state index in [2.05, 4.69) is 33.9 Å². The first kappa shape index (κ1) is 14.8. The zero-order valence-electron chi connectivity index (χ0n) is 11.8. The van der Waals surface area contributed by atoms with Crippen LogP contribution in [0.25, 0.3) is 0 Å². The van der Waals surface area contributed by atoms with E-state index in [0.717, 1.165) is 46.6 Å². The monoisotopic (exact) mass is 366 g/mol. The van der Waals surface area contributed by atoms with Crippen molar-refractivity contribution in [1.82, 2.24) is 9.97 Å². The van der Waals surface area contributed by atoms with Gasteiger partial charge in [0, 0.05) is 5.56 Å². The number of nitrogens with zero attached hydrogens (tertiary/aromatic N) is 2. The Morgan fingerprint density at radius 1 is 1.33 bits per heavy atom. The van der Waals surface area contributed by atoms with Crippen molar-refractivity contribution in [2.75, 3.05) is 6.61 Å². The zero-order chi connectivity index (χ0) is 14.8. The summed E-state index contributed by atoms with van der Waals surface area (Å²) in [6, 6.07) is 8.08. The fourth-order valence-corrected chi connectivity index (χ4v) is 3.22. The molecule has 1 unspecified atom stereocenters. The van der Waals surface area contributed by atoms with Gasteiger partial charge in [0.2, 0.25) is 0 Å². The molecular formula is C16H16BrClN2O. The van der Waals surface area contributed by atoms with Gasteiger partial charge in [0.15, 0.2) is 0 Å². The van der Waals surface area contributed by atoms with Crippen LogP contribution < -0.4 is 4.74 Å². The summed E-state index contributed by atoms with van der Waals surface area (Å²) in [5, 5.41) is 0.493. The topological polar surface area (TPSA) is 35.0 Å². The second-order valence-electron chi connectivity index (χ2n) is 5.11. The van der Waals surface area contributed by atoms with Crippen molar-refractivity contribution in [2.24, 2.45) is 0 Å². The van der Waals surface area contributed by atoms with Crippen molar-refractivity contribution in [3.63, 3.8) is 0 Å². The van der Waals surface area contributed by atoms with Crippen molar-refractivity contribution in [3.8, 4) is 5.75 Å². The first-order chi connectivity index (χ1) is 10.2. The van der Waals surface area contributed by atoms with E-state index in [-0.39, 0.29) is 5.92 Å². The summed E-state index contributed by atoms with van der Waals surface area (Å²) in [7, 11) is 0. The maximum Gasteiger partial charge on any atom is 0.147 e. The van der Waals surface area contributed by atoms with Gasteiger partial charge in [-0.1, -0.05) is 43.1 Å². The highest BCUT2D eigenvalue weighted by Gasteiger charge is 2.26. The van der Waals surface area contributed by atoms with Crippen LogP contribution >= 0.6 is 27.5 Å². The van der Waals surface area contributed by atoms with Gasteiger partial charge in [0.05, 0.1) is 22.7 Å². The molecule has 0 fully saturated rings. The molecule has 1 aliphatic rings. The molecule has 3 nitrogen and oxygen atoms in total. The Bertz CT molecular complexity index is 663. The van der Waals surface area contributed by atoms with Gasteiger partial charge in [-0.2, -0.15) is 0 Å². The molecule has 1 aliphatic heterocycles. The van der Waals surface area contributed by atoms with Gasteiger partial charge in [-0.3, -0.25) is 0 Å². The van der Waals surface area contributed by atoms with E-state index in [4.69, 9.17) is 21.3 Å². The lowest BCUT2D eigenvalue weighted by molar-refractivity contribution is 0.274. The fraction of sp³-hybridized carbons (Fsp3) is 0.375. The first-order valence-corrected chi connectivity index (χ1v) is 8.31. The normalized spacial score (nSPS) is 17.2. The van der Waals surface area contributed by atoms with Crippen LogP contribution in [-0.4, -0.2) is 16.6 Å². The molecule has 21 heavy (non-hydrogen) atoms. The highest BCUT2D eigenvalue weighted by molar-refractivity contribution is 9.10. The number of ether oxygens (including phenoxy) is 1. The molecule has 0 N–H and O–H groups in total. The highest BCUT2D eigenvalue weighted by Crippen LogP contribution is 2.38. The van der Waals surface area contributed by atoms with Crippen LogP contribution in [0.2, 0.25) is 5.15 Å². The minimum Gasteiger partial charge on any atom is -0.493 e. The summed E-state index contributed by atoms with van der Waals surface area (Å²) in [6.07, 6.45) is 2.79. The minimum atomic E-state index is 0.149. The molecule has 3 rings (SSSR count). The van der Waals surface area contributed by atoms with Crippen LogP contribution in [0.5, 0.6) is 5.75 Å². The van der Waals surface area contributed by atoms with Crippen molar-refractivity contribution in [1.29, 1.82) is 0 Å². The smallest absolute Gasteiger partial charge is 0.147 e. The number of fused-ring (bicyclic) bond motifs is 1. The van der Waals surface area contributed by atoms with E-state index in [0.29, 0.717) is 11.8 Å². The van der Waals surface area contributed by atoms with E-state index in [1.807, 2.05) is 18.2 Å². The molecule has 1 atom stereocenters. The SMILES string of the molecule is CCCc1nc(C2CCOc3ccccc32)nc(Cl)c1Br. The molecule has 0 spiro atoms. The highest BCUT2D eigenvalue weighted by atomic mass is 79.9. The lowest BCUT2D eigenvalue weighted by Crippen LogP contribution is -2.18. The summed E-state index contributed by atoms with van der Waals surface area (Å²) in [6.45, 7) is 2.81. The van der Waals surface area contributed by atoms with E-state index in [1.54, 1.807) is 0 Å². The number of aryl methyl sites for hydroxylation is 1. The number of halogens is 2. The number of benzene rings is 1. The molecule has 0 saturated heterocycles. The lowest BCUT2D eigenvalue weighted by Gasteiger charge is -2.25. The Labute approximate surface area is 137 Å². The van der Waals surface area contributed by atoms with E-state index >= 15 is 0 Å². The molecule has 110 valence electrons. The Kier molecular flexibility index (Phi) is 4.45. The van der Waals surface area contributed by atoms with Gasteiger partial charge < -0.3 is 4.74 Å². The molecule has 5 heteroatoms. The average Bonchev–Trinajstić information content (AvgIpc) is 2.51. The van der Waals surface area contributed by atoms with Crippen LogP contribution in [0.3, 0.4) is 0 Å². The zero-order valence-corrected chi connectivity index (χ0v) is 14.1. The Hall–Kier alpha value is -1.13. The maximum atomic E-state index is 6.27. The quantitative estimate of drug-likeness (QED) is 0.734. The van der Waals surface area contributed by atoms with Crippen LogP contribution in [0.4, 0.5) is 0 Å². The third-order valence-corrected chi connectivity index (χ3v) is 4.99. The van der Waals surface area contributed by atoms with Crippen molar-refractivity contribution in [2.45, 2.75) is 32.1 Å². The summed E-state index contributed by atoms with van der Waals surface area (Å²) in [4.78, 5) is 9.24. The first-order valence-electron chi connectivity index (χ1n) is 7.14. The lowest BCUT2D eigenvalue weighted by atomic mass is 9.92. The Morgan fingerprint density at radius 2 is 2.14 bits per heavy atom. The van der Waals surface area contributed by atoms with Gasteiger partial charge in [0.1, 0.15) is 16.7 Å². The molecule has 2 heterocycles. The molecule has 0 bridgehead atoms. The summed E-state index contributed by atoms with van der Waals surface area (Å²) in [5.74, 6) is 1.87. The molecule has 1 aromatic heterocycles. The summed E-state index contributed by atoms with van der Waals surface area (Å²) in [5.41, 5.74) is 2.13. The summed E-state index contributed by atoms with van der Waals surface area (Å²) < 4.78 is 6.52. The molecule has 0 radical (unpaired) electrons. The van der Waals surface area contributed by atoms with E-state index in [9.17, 15) is 0 Å². The van der Waals surface area contributed by atoms with Crippen molar-refractivity contribution in [3.05, 3.63) is 51.0 Å². The second kappa shape index (κ2) is 6.32. The molecule has 2 aromatic rings. The van der Waals surface area contributed by atoms with Crippen LogP contribution in [-0.2, 0) is 6.42 Å². The van der Waals surface area contributed by atoms with E-state index < -0.39 is 0 Å².